The van der Waals surface area contributed by atoms with Gasteiger partial charge in [-0.3, -0.25) is 5.32 Å². The van der Waals surface area contributed by atoms with Crippen molar-refractivity contribution in [2.45, 2.75) is 39.1 Å². The van der Waals surface area contributed by atoms with Crippen LogP contribution in [-0.2, 0) is 10.5 Å². The number of benzene rings is 2. The van der Waals surface area contributed by atoms with E-state index < -0.39 is 23.3 Å². The minimum absolute atomic E-state index is 0.196. The normalized spacial score (nSPS) is 18.5. The van der Waals surface area contributed by atoms with Crippen molar-refractivity contribution < 1.29 is 23.4 Å². The second-order valence-electron chi connectivity index (χ2n) is 7.03. The molecule has 1 aliphatic heterocycles. The fourth-order valence-electron chi connectivity index (χ4n) is 2.61. The van der Waals surface area contributed by atoms with Crippen LogP contribution in [0, 0.1) is 5.82 Å². The number of carbonyl (C=O) groups excluding carboxylic acids is 1. The zero-order chi connectivity index (χ0) is 19.1. The van der Waals surface area contributed by atoms with Crippen molar-refractivity contribution >= 4 is 23.4 Å². The Labute approximate surface area is 156 Å². The molecule has 1 atom stereocenters. The second kappa shape index (κ2) is 6.36. The Bertz CT molecular complexity index is 865. The number of hydrogen-bond acceptors (Lipinski definition) is 4. The highest BCUT2D eigenvalue weighted by atomic mass is 35.5. The lowest BCUT2D eigenvalue weighted by molar-refractivity contribution is -0.0704. The van der Waals surface area contributed by atoms with E-state index >= 15 is 0 Å². The summed E-state index contributed by atoms with van der Waals surface area (Å²) in [6.07, 6.45) is -0.624. The fourth-order valence-corrected chi connectivity index (χ4v) is 2.77. The van der Waals surface area contributed by atoms with Gasteiger partial charge in [-0.05, 0) is 51.1 Å². The Kier molecular flexibility index (Phi) is 4.48. The lowest BCUT2D eigenvalue weighted by atomic mass is 10.1. The number of ether oxygens (including phenoxy) is 3. The molecule has 0 aliphatic carbocycles. The van der Waals surface area contributed by atoms with Crippen molar-refractivity contribution in [2.24, 2.45) is 0 Å². The number of halogens is 2. The summed E-state index contributed by atoms with van der Waals surface area (Å²) in [4.78, 5) is 12.0. The standard InChI is InChI=1S/C19H19ClFNO4/c1-18(2,3)26-17(23)22-14-6-5-7-15-16(14)25-19(4,24-15)12-9-8-11(20)10-13(12)21/h5-10H,1-4H3,(H,22,23). The molecule has 2 aromatic rings. The van der Waals surface area contributed by atoms with E-state index in [0.29, 0.717) is 17.2 Å². The maximum absolute atomic E-state index is 14.3. The quantitative estimate of drug-likeness (QED) is 0.751. The van der Waals surface area contributed by atoms with Crippen molar-refractivity contribution in [3.8, 4) is 11.5 Å². The maximum Gasteiger partial charge on any atom is 0.412 e. The number of amides is 1. The Morgan fingerprint density at radius 1 is 1.23 bits per heavy atom. The molecular weight excluding hydrogens is 361 g/mol. The highest BCUT2D eigenvalue weighted by Gasteiger charge is 2.42. The lowest BCUT2D eigenvalue weighted by Crippen LogP contribution is -2.32. The predicted octanol–water partition coefficient (Wildman–Crippen LogP) is 5.47. The molecule has 138 valence electrons. The molecule has 1 N–H and O–H groups in total. The monoisotopic (exact) mass is 379 g/mol. The van der Waals surface area contributed by atoms with E-state index in [1.807, 2.05) is 0 Å². The summed E-state index contributed by atoms with van der Waals surface area (Å²) < 4.78 is 31.3. The van der Waals surface area contributed by atoms with Gasteiger partial charge >= 0.3 is 6.09 Å². The van der Waals surface area contributed by atoms with Crippen molar-refractivity contribution in [3.05, 3.63) is 52.8 Å². The summed E-state index contributed by atoms with van der Waals surface area (Å²) in [5, 5.41) is 2.91. The van der Waals surface area contributed by atoms with Gasteiger partial charge in [0.2, 0.25) is 0 Å². The first-order valence-electron chi connectivity index (χ1n) is 8.04. The van der Waals surface area contributed by atoms with Gasteiger partial charge in [0.05, 0.1) is 11.3 Å². The van der Waals surface area contributed by atoms with E-state index in [-0.39, 0.29) is 10.6 Å². The minimum atomic E-state index is -1.39. The maximum atomic E-state index is 14.3. The minimum Gasteiger partial charge on any atom is -0.444 e. The van der Waals surface area contributed by atoms with Crippen LogP contribution in [0.5, 0.6) is 11.5 Å². The zero-order valence-electron chi connectivity index (χ0n) is 14.9. The zero-order valence-corrected chi connectivity index (χ0v) is 15.6. The van der Waals surface area contributed by atoms with Gasteiger partial charge in [0.15, 0.2) is 11.5 Å². The third kappa shape index (κ3) is 3.70. The number of rotatable bonds is 2. The number of nitrogens with one attached hydrogen (secondary N) is 1. The molecule has 3 rings (SSSR count). The molecule has 1 aliphatic rings. The molecule has 7 heteroatoms. The van der Waals surface area contributed by atoms with Gasteiger partial charge < -0.3 is 14.2 Å². The second-order valence-corrected chi connectivity index (χ2v) is 7.47. The average molecular weight is 380 g/mol. The van der Waals surface area contributed by atoms with Crippen LogP contribution < -0.4 is 14.8 Å². The summed E-state index contributed by atoms with van der Waals surface area (Å²) in [6.45, 7) is 6.89. The van der Waals surface area contributed by atoms with E-state index in [4.69, 9.17) is 25.8 Å². The molecule has 0 saturated heterocycles. The fraction of sp³-hybridized carbons (Fsp3) is 0.316. The molecule has 0 fully saturated rings. The molecule has 1 amide bonds. The van der Waals surface area contributed by atoms with E-state index in [9.17, 15) is 9.18 Å². The summed E-state index contributed by atoms with van der Waals surface area (Å²) in [6, 6.07) is 9.27. The van der Waals surface area contributed by atoms with E-state index in [1.54, 1.807) is 52.0 Å². The van der Waals surface area contributed by atoms with Crippen LogP contribution in [0.25, 0.3) is 0 Å². The third-order valence-corrected chi connectivity index (χ3v) is 3.87. The Balaban J connectivity index is 1.88. The van der Waals surface area contributed by atoms with Crippen LogP contribution in [0.2, 0.25) is 5.02 Å². The van der Waals surface area contributed by atoms with Gasteiger partial charge in [-0.1, -0.05) is 17.7 Å². The number of para-hydroxylation sites is 1. The highest BCUT2D eigenvalue weighted by Crippen LogP contribution is 2.48. The van der Waals surface area contributed by atoms with Crippen molar-refractivity contribution in [3.63, 3.8) is 0 Å². The number of carbonyl (C=O) groups is 1. The first kappa shape index (κ1) is 18.3. The van der Waals surface area contributed by atoms with E-state index in [2.05, 4.69) is 5.32 Å². The van der Waals surface area contributed by atoms with Crippen LogP contribution in [0.3, 0.4) is 0 Å². The largest absolute Gasteiger partial charge is 0.444 e. The first-order chi connectivity index (χ1) is 12.1. The number of anilines is 1. The van der Waals surface area contributed by atoms with Crippen LogP contribution in [0.15, 0.2) is 36.4 Å². The molecule has 0 aromatic heterocycles. The molecule has 5 nitrogen and oxygen atoms in total. The van der Waals surface area contributed by atoms with Crippen LogP contribution in [-0.4, -0.2) is 11.7 Å². The van der Waals surface area contributed by atoms with Crippen molar-refractivity contribution in [1.29, 1.82) is 0 Å². The van der Waals surface area contributed by atoms with Crippen molar-refractivity contribution in [2.75, 3.05) is 5.32 Å². The van der Waals surface area contributed by atoms with Crippen LogP contribution in [0.1, 0.15) is 33.3 Å². The van der Waals surface area contributed by atoms with Gasteiger partial charge in [0, 0.05) is 11.9 Å². The molecule has 26 heavy (non-hydrogen) atoms. The number of hydrogen-bond donors (Lipinski definition) is 1. The first-order valence-corrected chi connectivity index (χ1v) is 8.42. The van der Waals surface area contributed by atoms with Gasteiger partial charge in [-0.15, -0.1) is 0 Å². The van der Waals surface area contributed by atoms with Gasteiger partial charge in [-0.2, -0.15) is 0 Å². The Morgan fingerprint density at radius 2 is 1.96 bits per heavy atom. The Morgan fingerprint density at radius 3 is 2.62 bits per heavy atom. The molecule has 1 heterocycles. The third-order valence-electron chi connectivity index (χ3n) is 3.64. The Hall–Kier alpha value is -2.47. The summed E-state index contributed by atoms with van der Waals surface area (Å²) in [5.74, 6) is -1.25. The molecule has 0 saturated carbocycles. The summed E-state index contributed by atoms with van der Waals surface area (Å²) in [5.41, 5.74) is -0.0727. The van der Waals surface area contributed by atoms with Gasteiger partial charge in [0.25, 0.3) is 5.79 Å². The predicted molar refractivity (Wildman–Crippen MR) is 96.3 cm³/mol. The smallest absolute Gasteiger partial charge is 0.412 e. The average Bonchev–Trinajstić information content (AvgIpc) is 2.83. The van der Waals surface area contributed by atoms with Crippen LogP contribution in [0.4, 0.5) is 14.9 Å². The highest BCUT2D eigenvalue weighted by molar-refractivity contribution is 6.30. The van der Waals surface area contributed by atoms with Crippen molar-refractivity contribution in [1.82, 2.24) is 0 Å². The van der Waals surface area contributed by atoms with E-state index in [1.165, 1.54) is 12.1 Å². The van der Waals surface area contributed by atoms with Crippen LogP contribution >= 0.6 is 11.6 Å². The number of fused-ring (bicyclic) bond motifs is 1. The molecule has 0 spiro atoms. The summed E-state index contributed by atoms with van der Waals surface area (Å²) in [7, 11) is 0. The van der Waals surface area contributed by atoms with Gasteiger partial charge in [-0.25, -0.2) is 9.18 Å². The summed E-state index contributed by atoms with van der Waals surface area (Å²) >= 11 is 5.81. The van der Waals surface area contributed by atoms with E-state index in [0.717, 1.165) is 0 Å². The SMILES string of the molecule is CC(C)(C)OC(=O)Nc1cccc2c1OC(C)(c1ccc(Cl)cc1F)O2. The molecule has 0 radical (unpaired) electrons. The molecular formula is C19H19ClFNO4. The van der Waals surface area contributed by atoms with Gasteiger partial charge in [0.1, 0.15) is 11.4 Å². The molecule has 1 unspecified atom stereocenters. The topological polar surface area (TPSA) is 56.8 Å². The molecule has 2 aromatic carbocycles. The molecule has 0 bridgehead atoms. The lowest BCUT2D eigenvalue weighted by Gasteiger charge is -2.24.